The highest BCUT2D eigenvalue weighted by molar-refractivity contribution is 4.82. The van der Waals surface area contributed by atoms with Gasteiger partial charge in [-0.1, -0.05) is 48.5 Å². The number of aliphatic hydroxyl groups excluding tert-OH is 14. The zero-order chi connectivity index (χ0) is 33.9. The highest BCUT2D eigenvalue weighted by atomic mass is 16.4. The molecule has 0 spiro atoms. The predicted molar refractivity (Wildman–Crippen MR) is 155 cm³/mol. The highest BCUT2D eigenvalue weighted by Gasteiger charge is 2.31. The van der Waals surface area contributed by atoms with E-state index < -0.39 is 86.5 Å². The third-order valence-corrected chi connectivity index (χ3v) is 6.35. The van der Waals surface area contributed by atoms with Crippen molar-refractivity contribution in [2.75, 3.05) is 13.2 Å². The van der Waals surface area contributed by atoms with Gasteiger partial charge in [-0.05, 0) is 43.4 Å². The molecule has 14 nitrogen and oxygen atoms in total. The summed E-state index contributed by atoms with van der Waals surface area (Å²) in [6.45, 7) is 11.7. The Balaban J connectivity index is -0.000000543. The first-order chi connectivity index (χ1) is 19.2. The summed E-state index contributed by atoms with van der Waals surface area (Å²) in [6.07, 6.45) is -14.0. The Morgan fingerprint density at radius 2 is 0.524 bits per heavy atom. The number of aliphatic hydroxyl groups is 14. The minimum Gasteiger partial charge on any atom is -0.394 e. The van der Waals surface area contributed by atoms with Crippen LogP contribution < -0.4 is 0 Å². The van der Waals surface area contributed by atoms with E-state index in [1.54, 1.807) is 6.92 Å². The fourth-order valence-electron chi connectivity index (χ4n) is 3.69. The lowest BCUT2D eigenvalue weighted by Gasteiger charge is -2.26. The van der Waals surface area contributed by atoms with Crippen molar-refractivity contribution in [2.45, 2.75) is 147 Å². The summed E-state index contributed by atoms with van der Waals surface area (Å²) in [4.78, 5) is 0. The Bertz CT molecular complexity index is 530. The van der Waals surface area contributed by atoms with Crippen LogP contribution in [0, 0.1) is 17.8 Å². The summed E-state index contributed by atoms with van der Waals surface area (Å²) in [5.74, 6) is 0.599. The van der Waals surface area contributed by atoms with E-state index in [1.807, 2.05) is 41.5 Å². The molecule has 0 radical (unpaired) electrons. The third-order valence-electron chi connectivity index (χ3n) is 6.35. The molecule has 0 saturated carbocycles. The van der Waals surface area contributed by atoms with Gasteiger partial charge in [-0.3, -0.25) is 0 Å². The number of rotatable bonds is 18. The molecule has 0 amide bonds. The van der Waals surface area contributed by atoms with Crippen LogP contribution in [0.15, 0.2) is 0 Å². The van der Waals surface area contributed by atoms with E-state index in [-0.39, 0.29) is 17.8 Å². The van der Waals surface area contributed by atoms with Crippen LogP contribution in [0.25, 0.3) is 0 Å². The van der Waals surface area contributed by atoms with Gasteiger partial charge in [-0.25, -0.2) is 0 Å². The first-order valence-electron chi connectivity index (χ1n) is 14.6. The van der Waals surface area contributed by atoms with Crippen molar-refractivity contribution in [3.8, 4) is 0 Å². The molecule has 0 fully saturated rings. The molecule has 0 aromatic rings. The van der Waals surface area contributed by atoms with Gasteiger partial charge in [-0.15, -0.1) is 0 Å². The molecule has 258 valence electrons. The molecule has 0 aromatic carbocycles. The van der Waals surface area contributed by atoms with Gasteiger partial charge in [0.15, 0.2) is 0 Å². The zero-order valence-corrected chi connectivity index (χ0v) is 26.2. The summed E-state index contributed by atoms with van der Waals surface area (Å²) >= 11 is 0. The number of hydrogen-bond donors (Lipinski definition) is 14. The van der Waals surface area contributed by atoms with Gasteiger partial charge in [0.25, 0.3) is 0 Å². The lowest BCUT2D eigenvalue weighted by molar-refractivity contribution is -0.118. The average molecular weight is 623 g/mol. The predicted octanol–water partition coefficient (Wildman–Crippen LogP) is -3.18. The maximum absolute atomic E-state index is 9.48. The second kappa shape index (κ2) is 24.7. The molecule has 0 heterocycles. The van der Waals surface area contributed by atoms with Crippen LogP contribution >= 0.6 is 0 Å². The van der Waals surface area contributed by atoms with Crippen molar-refractivity contribution in [2.24, 2.45) is 17.8 Å². The van der Waals surface area contributed by atoms with E-state index in [9.17, 15) is 51.1 Å². The highest BCUT2D eigenvalue weighted by Crippen LogP contribution is 2.15. The Morgan fingerprint density at radius 1 is 0.333 bits per heavy atom. The molecule has 0 aliphatic heterocycles. The van der Waals surface area contributed by atoms with Gasteiger partial charge >= 0.3 is 0 Å². The van der Waals surface area contributed by atoms with E-state index >= 15 is 0 Å². The Hall–Kier alpha value is -0.560. The molecule has 0 bridgehead atoms. The molecule has 14 heteroatoms. The van der Waals surface area contributed by atoms with Gasteiger partial charge in [0.2, 0.25) is 0 Å². The van der Waals surface area contributed by atoms with Crippen molar-refractivity contribution >= 4 is 0 Å². The van der Waals surface area contributed by atoms with Gasteiger partial charge in [0.1, 0.15) is 48.8 Å². The van der Waals surface area contributed by atoms with Crippen molar-refractivity contribution in [1.29, 1.82) is 0 Å². The summed E-state index contributed by atoms with van der Waals surface area (Å²) < 4.78 is 0. The van der Waals surface area contributed by atoms with Crippen LogP contribution in [-0.4, -0.2) is 158 Å². The molecule has 0 unspecified atom stereocenters. The number of hydrogen-bond acceptors (Lipinski definition) is 14. The van der Waals surface area contributed by atoms with E-state index in [0.717, 1.165) is 0 Å². The molecule has 14 N–H and O–H groups in total. The maximum Gasteiger partial charge on any atom is 0.110 e. The van der Waals surface area contributed by atoms with Crippen molar-refractivity contribution in [1.82, 2.24) is 0 Å². The molecule has 0 aliphatic rings. The Kier molecular flexibility index (Phi) is 27.0. The smallest absolute Gasteiger partial charge is 0.110 e. The molecular weight excluding hydrogens is 560 g/mol. The monoisotopic (exact) mass is 622 g/mol. The first kappa shape index (κ1) is 45.9. The molecule has 0 aliphatic carbocycles. The Morgan fingerprint density at radius 3 is 0.690 bits per heavy atom. The van der Waals surface area contributed by atoms with Gasteiger partial charge in [-0.2, -0.15) is 0 Å². The second-order valence-electron chi connectivity index (χ2n) is 12.0. The van der Waals surface area contributed by atoms with Crippen molar-refractivity contribution < 1.29 is 71.5 Å². The maximum atomic E-state index is 9.48. The van der Waals surface area contributed by atoms with E-state index in [0.29, 0.717) is 25.7 Å². The van der Waals surface area contributed by atoms with Crippen LogP contribution in [-0.2, 0) is 0 Å². The fourth-order valence-corrected chi connectivity index (χ4v) is 3.69. The Labute approximate surface area is 250 Å². The zero-order valence-electron chi connectivity index (χ0n) is 26.2. The quantitative estimate of drug-likeness (QED) is 0.0718. The second-order valence-corrected chi connectivity index (χ2v) is 12.0. The van der Waals surface area contributed by atoms with Crippen molar-refractivity contribution in [3.05, 3.63) is 0 Å². The SMILES string of the molecule is CC(C)C[C@@H](O)[C@@H](O)[C@H](O)[C@@H](O)CO.CC(C)C[C@@H](O)[C@@H](O)[C@H](O)[C@H](O)CO.CC[C@@H](O)[C@@H](O)[C@H](O)[C@@H](O)CC(C)C. The molecular formula is C28H62O14. The summed E-state index contributed by atoms with van der Waals surface area (Å²) in [6, 6.07) is 0. The van der Waals surface area contributed by atoms with Crippen LogP contribution in [0.2, 0.25) is 0 Å². The topological polar surface area (TPSA) is 283 Å². The summed E-state index contributed by atoms with van der Waals surface area (Å²) in [5.41, 5.74) is 0. The molecule has 0 saturated heterocycles. The van der Waals surface area contributed by atoms with Crippen LogP contribution in [0.4, 0.5) is 0 Å². The van der Waals surface area contributed by atoms with Crippen LogP contribution in [0.3, 0.4) is 0 Å². The molecule has 12 atom stereocenters. The molecule has 42 heavy (non-hydrogen) atoms. The lowest BCUT2D eigenvalue weighted by Crippen LogP contribution is -2.46. The van der Waals surface area contributed by atoms with Crippen molar-refractivity contribution in [3.63, 3.8) is 0 Å². The average Bonchev–Trinajstić information content (AvgIpc) is 2.92. The van der Waals surface area contributed by atoms with Crippen LogP contribution in [0.5, 0.6) is 0 Å². The van der Waals surface area contributed by atoms with Crippen LogP contribution in [0.1, 0.15) is 74.1 Å². The third kappa shape index (κ3) is 20.4. The normalized spacial score (nSPS) is 20.6. The fraction of sp³-hybridized carbons (Fsp3) is 1.00. The minimum absolute atomic E-state index is 0.179. The summed E-state index contributed by atoms with van der Waals surface area (Å²) in [5, 5.41) is 129. The van der Waals surface area contributed by atoms with Gasteiger partial charge in [0.05, 0.1) is 37.6 Å². The van der Waals surface area contributed by atoms with Gasteiger partial charge in [0, 0.05) is 0 Å². The molecule has 0 rings (SSSR count). The van der Waals surface area contributed by atoms with Gasteiger partial charge < -0.3 is 71.5 Å². The lowest BCUT2D eigenvalue weighted by atomic mass is 9.95. The minimum atomic E-state index is -1.52. The summed E-state index contributed by atoms with van der Waals surface area (Å²) in [7, 11) is 0. The molecule has 0 aromatic heterocycles. The van der Waals surface area contributed by atoms with E-state index in [1.165, 1.54) is 0 Å². The van der Waals surface area contributed by atoms with E-state index in [4.69, 9.17) is 20.4 Å². The first-order valence-corrected chi connectivity index (χ1v) is 14.6. The largest absolute Gasteiger partial charge is 0.394 e. The van der Waals surface area contributed by atoms with E-state index in [2.05, 4.69) is 0 Å². The standard InChI is InChI=1S/C10H22O4.2C9H20O5/c1-4-7(11)9(13)10(14)8(12)5-6(2)3;2*1-5(2)3-6(11)8(13)9(14)7(12)4-10/h6-14H,4-5H2,1-3H3;2*5-14H,3-4H2,1-2H3/t7-,8+,9-,10-;6-,7+,8-,9-;6-,7-,8-,9-/m111/s1.